The molecule has 2 aromatic carbocycles. The van der Waals surface area contributed by atoms with E-state index in [0.29, 0.717) is 36.1 Å². The number of hydrogen-bond acceptors (Lipinski definition) is 2. The first-order valence-corrected chi connectivity index (χ1v) is 10.0. The van der Waals surface area contributed by atoms with Crippen LogP contribution in [-0.4, -0.2) is 12.5 Å². The van der Waals surface area contributed by atoms with Crippen LogP contribution in [0.1, 0.15) is 38.2 Å². The van der Waals surface area contributed by atoms with Crippen LogP contribution in [0.4, 0.5) is 5.69 Å². The highest BCUT2D eigenvalue weighted by Crippen LogP contribution is 2.29. The summed E-state index contributed by atoms with van der Waals surface area (Å²) in [5.74, 6) is 1.18. The number of anilines is 1. The van der Waals surface area contributed by atoms with E-state index in [1.54, 1.807) is 12.1 Å². The summed E-state index contributed by atoms with van der Waals surface area (Å²) in [4.78, 5) is 12.0. The van der Waals surface area contributed by atoms with Crippen LogP contribution >= 0.6 is 43.5 Å². The molecule has 0 aromatic heterocycles. The van der Waals surface area contributed by atoms with Crippen molar-refractivity contribution in [1.82, 2.24) is 0 Å². The molecule has 25 heavy (non-hydrogen) atoms. The predicted octanol–water partition coefficient (Wildman–Crippen LogP) is 6.79. The molecule has 0 aliphatic rings. The molecular formula is C19H20Br2ClNO2. The molecule has 0 heterocycles. The zero-order valence-corrected chi connectivity index (χ0v) is 18.0. The molecule has 0 aliphatic heterocycles. The van der Waals surface area contributed by atoms with Crippen molar-refractivity contribution < 1.29 is 9.53 Å². The topological polar surface area (TPSA) is 38.3 Å². The lowest BCUT2D eigenvalue weighted by Crippen LogP contribution is -2.13. The molecular weight excluding hydrogens is 469 g/mol. The molecule has 0 spiro atoms. The third kappa shape index (κ3) is 6.32. The fraction of sp³-hybridized carbons (Fsp3) is 0.316. The van der Waals surface area contributed by atoms with Crippen molar-refractivity contribution in [2.45, 2.75) is 32.6 Å². The van der Waals surface area contributed by atoms with Gasteiger partial charge in [-0.3, -0.25) is 4.79 Å². The van der Waals surface area contributed by atoms with Crippen LogP contribution < -0.4 is 10.1 Å². The molecule has 0 unspecified atom stereocenters. The normalized spacial score (nSPS) is 10.8. The maximum Gasteiger partial charge on any atom is 0.224 e. The summed E-state index contributed by atoms with van der Waals surface area (Å²) in [6.07, 6.45) is 0.993. The number of rotatable bonds is 7. The van der Waals surface area contributed by atoms with Crippen LogP contribution in [-0.2, 0) is 4.79 Å². The molecule has 1 N–H and O–H groups in total. The lowest BCUT2D eigenvalue weighted by atomic mass is 10.0. The molecule has 0 saturated carbocycles. The van der Waals surface area contributed by atoms with Gasteiger partial charge < -0.3 is 10.1 Å². The molecule has 0 saturated heterocycles. The molecule has 134 valence electrons. The summed E-state index contributed by atoms with van der Waals surface area (Å²) in [6, 6.07) is 11.5. The highest BCUT2D eigenvalue weighted by molar-refractivity contribution is 9.10. The second-order valence-electron chi connectivity index (χ2n) is 5.97. The third-order valence-electron chi connectivity index (χ3n) is 3.63. The van der Waals surface area contributed by atoms with Crippen molar-refractivity contribution >= 4 is 55.1 Å². The minimum absolute atomic E-state index is 0.0814. The zero-order chi connectivity index (χ0) is 18.4. The second kappa shape index (κ2) is 9.60. The van der Waals surface area contributed by atoms with Gasteiger partial charge in [0.2, 0.25) is 5.91 Å². The summed E-state index contributed by atoms with van der Waals surface area (Å²) in [7, 11) is 0. The first-order valence-electron chi connectivity index (χ1n) is 8.04. The van der Waals surface area contributed by atoms with Gasteiger partial charge in [0.25, 0.3) is 0 Å². The van der Waals surface area contributed by atoms with E-state index in [0.717, 1.165) is 14.7 Å². The van der Waals surface area contributed by atoms with E-state index < -0.39 is 0 Å². The standard InChI is InChI=1S/C19H20Br2ClNO2/c1-12(2)13-5-8-18(15(21)10-13)25-9-3-4-19(24)23-17-7-6-14(20)11-16(17)22/h5-8,10-12H,3-4,9H2,1-2H3,(H,23,24). The number of hydrogen-bond donors (Lipinski definition) is 1. The van der Waals surface area contributed by atoms with Crippen LogP contribution in [0.25, 0.3) is 0 Å². The summed E-state index contributed by atoms with van der Waals surface area (Å²) in [5, 5.41) is 3.32. The van der Waals surface area contributed by atoms with Crippen molar-refractivity contribution in [3.8, 4) is 5.75 Å². The van der Waals surface area contributed by atoms with Gasteiger partial charge in [-0.25, -0.2) is 0 Å². The van der Waals surface area contributed by atoms with Gasteiger partial charge in [-0.1, -0.05) is 47.4 Å². The number of benzene rings is 2. The van der Waals surface area contributed by atoms with Gasteiger partial charge in [-0.2, -0.15) is 0 Å². The fourth-order valence-corrected chi connectivity index (χ4v) is 3.44. The molecule has 0 bridgehead atoms. The number of ether oxygens (including phenoxy) is 1. The van der Waals surface area contributed by atoms with Crippen LogP contribution in [0.15, 0.2) is 45.3 Å². The molecule has 3 nitrogen and oxygen atoms in total. The highest BCUT2D eigenvalue weighted by atomic mass is 79.9. The molecule has 1 amide bonds. The Bertz CT molecular complexity index is 750. The van der Waals surface area contributed by atoms with Crippen molar-refractivity contribution in [3.63, 3.8) is 0 Å². The highest BCUT2D eigenvalue weighted by Gasteiger charge is 2.08. The number of amides is 1. The summed E-state index contributed by atoms with van der Waals surface area (Å²) < 4.78 is 7.56. The van der Waals surface area contributed by atoms with E-state index in [-0.39, 0.29) is 5.91 Å². The van der Waals surface area contributed by atoms with E-state index in [2.05, 4.69) is 63.2 Å². The first-order chi connectivity index (χ1) is 11.9. The third-order valence-corrected chi connectivity index (χ3v) is 5.06. The number of carbonyl (C=O) groups is 1. The van der Waals surface area contributed by atoms with Crippen molar-refractivity contribution in [2.24, 2.45) is 0 Å². The smallest absolute Gasteiger partial charge is 0.224 e. The average molecular weight is 490 g/mol. The largest absolute Gasteiger partial charge is 0.492 e. The molecule has 0 aliphatic carbocycles. The van der Waals surface area contributed by atoms with E-state index in [4.69, 9.17) is 16.3 Å². The van der Waals surface area contributed by atoms with Gasteiger partial charge >= 0.3 is 0 Å². The molecule has 2 rings (SSSR count). The fourth-order valence-electron chi connectivity index (χ4n) is 2.21. The quantitative estimate of drug-likeness (QED) is 0.435. The maximum atomic E-state index is 12.0. The van der Waals surface area contributed by atoms with E-state index in [1.165, 1.54) is 5.56 Å². The minimum Gasteiger partial charge on any atom is -0.492 e. The Morgan fingerprint density at radius 2 is 1.96 bits per heavy atom. The Labute approximate surface area is 170 Å². The maximum absolute atomic E-state index is 12.0. The van der Waals surface area contributed by atoms with E-state index in [1.807, 2.05) is 12.1 Å². The Morgan fingerprint density at radius 3 is 2.60 bits per heavy atom. The zero-order valence-electron chi connectivity index (χ0n) is 14.1. The first kappa shape index (κ1) is 20.3. The van der Waals surface area contributed by atoms with E-state index in [9.17, 15) is 4.79 Å². The van der Waals surface area contributed by atoms with Crippen molar-refractivity contribution in [3.05, 3.63) is 55.9 Å². The van der Waals surface area contributed by atoms with Gasteiger partial charge in [0, 0.05) is 10.9 Å². The molecule has 0 fully saturated rings. The number of nitrogens with one attached hydrogen (secondary N) is 1. The lowest BCUT2D eigenvalue weighted by Gasteiger charge is -2.12. The van der Waals surface area contributed by atoms with Crippen molar-refractivity contribution in [2.75, 3.05) is 11.9 Å². The van der Waals surface area contributed by atoms with Crippen LogP contribution in [0.3, 0.4) is 0 Å². The summed E-state index contributed by atoms with van der Waals surface area (Å²) in [6.45, 7) is 4.78. The lowest BCUT2D eigenvalue weighted by molar-refractivity contribution is -0.116. The Morgan fingerprint density at radius 1 is 1.20 bits per heavy atom. The summed E-state index contributed by atoms with van der Waals surface area (Å²) >= 11 is 13.0. The Hall–Kier alpha value is -1.04. The molecule has 2 aromatic rings. The number of carbonyl (C=O) groups excluding carboxylic acids is 1. The van der Waals surface area contributed by atoms with Gasteiger partial charge in [0.15, 0.2) is 0 Å². The van der Waals surface area contributed by atoms with Crippen molar-refractivity contribution in [1.29, 1.82) is 0 Å². The monoisotopic (exact) mass is 487 g/mol. The number of halogens is 3. The second-order valence-corrected chi connectivity index (χ2v) is 8.15. The van der Waals surface area contributed by atoms with Gasteiger partial charge in [-0.05, 0) is 64.2 Å². The van der Waals surface area contributed by atoms with Crippen LogP contribution in [0, 0.1) is 0 Å². The Kier molecular flexibility index (Phi) is 7.79. The predicted molar refractivity (Wildman–Crippen MR) is 111 cm³/mol. The molecule has 0 radical (unpaired) electrons. The van der Waals surface area contributed by atoms with Gasteiger partial charge in [0.05, 0.1) is 21.8 Å². The minimum atomic E-state index is -0.0814. The van der Waals surface area contributed by atoms with E-state index >= 15 is 0 Å². The van der Waals surface area contributed by atoms with Crippen LogP contribution in [0.2, 0.25) is 5.02 Å². The van der Waals surface area contributed by atoms with Crippen LogP contribution in [0.5, 0.6) is 5.75 Å². The summed E-state index contributed by atoms with van der Waals surface area (Å²) in [5.41, 5.74) is 1.87. The average Bonchev–Trinajstić information content (AvgIpc) is 2.55. The molecule has 6 heteroatoms. The SMILES string of the molecule is CC(C)c1ccc(OCCCC(=O)Nc2ccc(Br)cc2Cl)c(Br)c1. The molecule has 0 atom stereocenters. The Balaban J connectivity index is 1.78. The van der Waals surface area contributed by atoms with Gasteiger partial charge in [-0.15, -0.1) is 0 Å². The van der Waals surface area contributed by atoms with Gasteiger partial charge in [0.1, 0.15) is 5.75 Å².